The summed E-state index contributed by atoms with van der Waals surface area (Å²) in [5, 5.41) is 0. The maximum Gasteiger partial charge on any atom is 0.422 e. The Morgan fingerprint density at radius 2 is 1.81 bits per heavy atom. The lowest BCUT2D eigenvalue weighted by Gasteiger charge is -2.38. The molecule has 0 aromatic carbocycles. The molecule has 2 fully saturated rings. The highest BCUT2D eigenvalue weighted by atomic mass is 19.4. The molecule has 0 spiro atoms. The Bertz CT molecular complexity index is 1110. The van der Waals surface area contributed by atoms with E-state index in [0.29, 0.717) is 37.7 Å². The average Bonchev–Trinajstić information content (AvgIpc) is 3.16. The number of aromatic nitrogens is 3. The molecule has 2 aromatic rings. The molecular formula is C22H23F3N6O5. The van der Waals surface area contributed by atoms with Crippen LogP contribution in [0.5, 0.6) is 11.6 Å². The smallest absolute Gasteiger partial charge is 0.422 e. The number of Topliss-reactive ketones (excluding diaryl/α,β-unsaturated/α-hetero) is 1. The molecular weight excluding hydrogens is 485 g/mol. The maximum absolute atomic E-state index is 12.8. The molecule has 14 heteroatoms. The summed E-state index contributed by atoms with van der Waals surface area (Å²) in [5.74, 6) is -0.589. The van der Waals surface area contributed by atoms with E-state index >= 15 is 0 Å². The molecule has 4 rings (SSSR count). The number of halogens is 3. The van der Waals surface area contributed by atoms with Crippen LogP contribution in [0, 0.1) is 5.92 Å². The van der Waals surface area contributed by atoms with Crippen molar-refractivity contribution in [3.05, 3.63) is 30.7 Å². The summed E-state index contributed by atoms with van der Waals surface area (Å²) >= 11 is 0. The van der Waals surface area contributed by atoms with Gasteiger partial charge in [0.25, 0.3) is 5.91 Å². The van der Waals surface area contributed by atoms with E-state index in [1.54, 1.807) is 0 Å². The van der Waals surface area contributed by atoms with Crippen molar-refractivity contribution in [2.45, 2.75) is 31.5 Å². The molecule has 0 aliphatic carbocycles. The summed E-state index contributed by atoms with van der Waals surface area (Å²) in [6.45, 7) is -0.190. The first-order valence-corrected chi connectivity index (χ1v) is 11.1. The molecule has 0 saturated carbocycles. The van der Waals surface area contributed by atoms with Crippen LogP contribution >= 0.6 is 0 Å². The Balaban J connectivity index is 1.27. The fraction of sp³-hybridized carbons (Fsp3) is 0.455. The summed E-state index contributed by atoms with van der Waals surface area (Å²) < 4.78 is 46.9. The van der Waals surface area contributed by atoms with Crippen LogP contribution in [0.15, 0.2) is 30.7 Å². The number of amides is 2. The van der Waals surface area contributed by atoms with Crippen LogP contribution in [0.4, 0.5) is 24.8 Å². The number of ether oxygens (including phenoxy) is 2. The van der Waals surface area contributed by atoms with E-state index in [9.17, 15) is 27.6 Å². The number of alkyl halides is 3. The second-order valence-corrected chi connectivity index (χ2v) is 8.40. The molecule has 2 amide bonds. The van der Waals surface area contributed by atoms with Crippen molar-refractivity contribution in [3.8, 4) is 11.6 Å². The molecule has 0 radical (unpaired) electrons. The third-order valence-corrected chi connectivity index (χ3v) is 5.70. The van der Waals surface area contributed by atoms with E-state index in [-0.39, 0.29) is 42.1 Å². The van der Waals surface area contributed by atoms with Crippen molar-refractivity contribution in [2.24, 2.45) is 11.7 Å². The standard InChI is InChI=1S/C22H23F3N6O5/c23-22(24,25)12-35-19-4-1-15(9-27-19)36-17-5-6-31(20(17)34)14-7-28-21(29-8-14)30-10-13(11-30)16(32)2-3-18(26)33/h1,4,7-9,13,17H,2-3,5-6,10-12H2,(H2,26,33)/t17-/m1/s1. The maximum atomic E-state index is 12.8. The van der Waals surface area contributed by atoms with Gasteiger partial charge in [0.05, 0.1) is 30.2 Å². The van der Waals surface area contributed by atoms with Crippen LogP contribution in [0.25, 0.3) is 0 Å². The first-order chi connectivity index (χ1) is 17.1. The molecule has 11 nitrogen and oxygen atoms in total. The van der Waals surface area contributed by atoms with Gasteiger partial charge in [0.2, 0.25) is 17.7 Å². The minimum atomic E-state index is -4.47. The molecule has 192 valence electrons. The second-order valence-electron chi connectivity index (χ2n) is 8.40. The number of nitrogens with zero attached hydrogens (tertiary/aromatic N) is 5. The third-order valence-electron chi connectivity index (χ3n) is 5.70. The van der Waals surface area contributed by atoms with Gasteiger partial charge in [-0.15, -0.1) is 0 Å². The lowest BCUT2D eigenvalue weighted by Crippen LogP contribution is -2.51. The van der Waals surface area contributed by atoms with Gasteiger partial charge in [0.15, 0.2) is 12.7 Å². The minimum Gasteiger partial charge on any atom is -0.479 e. The van der Waals surface area contributed by atoms with Crippen LogP contribution in [0.2, 0.25) is 0 Å². The summed E-state index contributed by atoms with van der Waals surface area (Å²) in [7, 11) is 0. The number of anilines is 2. The van der Waals surface area contributed by atoms with Crippen LogP contribution in [-0.4, -0.2) is 71.1 Å². The zero-order chi connectivity index (χ0) is 25.9. The Kier molecular flexibility index (Phi) is 7.22. The summed E-state index contributed by atoms with van der Waals surface area (Å²) in [5.41, 5.74) is 5.56. The van der Waals surface area contributed by atoms with E-state index in [2.05, 4.69) is 19.7 Å². The van der Waals surface area contributed by atoms with Crippen molar-refractivity contribution < 1.29 is 37.0 Å². The number of nitrogens with two attached hydrogens (primary N) is 1. The largest absolute Gasteiger partial charge is 0.479 e. The Hall–Kier alpha value is -3.97. The molecule has 1 atom stereocenters. The molecule has 2 aliphatic rings. The van der Waals surface area contributed by atoms with Gasteiger partial charge in [-0.05, 0) is 6.07 Å². The van der Waals surface area contributed by atoms with Gasteiger partial charge in [-0.25, -0.2) is 15.0 Å². The number of carbonyl (C=O) groups is 3. The normalized spacial score (nSPS) is 18.2. The SMILES string of the molecule is NC(=O)CCC(=O)C1CN(c2ncc(N3CC[C@@H](Oc4ccc(OCC(F)(F)F)nc4)C3=O)cn2)C1. The monoisotopic (exact) mass is 508 g/mol. The summed E-state index contributed by atoms with van der Waals surface area (Å²) in [6, 6.07) is 2.61. The number of rotatable bonds is 10. The first-order valence-electron chi connectivity index (χ1n) is 11.1. The predicted molar refractivity (Wildman–Crippen MR) is 118 cm³/mol. The van der Waals surface area contributed by atoms with E-state index < -0.39 is 24.8 Å². The molecule has 0 unspecified atom stereocenters. The number of carbonyl (C=O) groups excluding carboxylic acids is 3. The fourth-order valence-electron chi connectivity index (χ4n) is 3.77. The van der Waals surface area contributed by atoms with Crippen LogP contribution in [0.3, 0.4) is 0 Å². The minimum absolute atomic E-state index is 0.0194. The number of ketones is 1. The summed E-state index contributed by atoms with van der Waals surface area (Å²) in [4.78, 5) is 51.3. The molecule has 2 aromatic heterocycles. The predicted octanol–water partition coefficient (Wildman–Crippen LogP) is 1.27. The van der Waals surface area contributed by atoms with Crippen LogP contribution < -0.4 is 25.0 Å². The molecule has 4 heterocycles. The topological polar surface area (TPSA) is 141 Å². The lowest BCUT2D eigenvalue weighted by atomic mass is 9.93. The summed E-state index contributed by atoms with van der Waals surface area (Å²) in [6.07, 6.45) is -0.503. The Morgan fingerprint density at radius 1 is 1.08 bits per heavy atom. The highest BCUT2D eigenvalue weighted by molar-refractivity contribution is 5.98. The van der Waals surface area contributed by atoms with Crippen molar-refractivity contribution >= 4 is 29.2 Å². The third kappa shape index (κ3) is 6.17. The average molecular weight is 508 g/mol. The highest BCUT2D eigenvalue weighted by Crippen LogP contribution is 2.27. The van der Waals surface area contributed by atoms with Gasteiger partial charge in [0, 0.05) is 45.0 Å². The van der Waals surface area contributed by atoms with E-state index in [1.165, 1.54) is 35.6 Å². The van der Waals surface area contributed by atoms with Gasteiger partial charge in [-0.1, -0.05) is 0 Å². The van der Waals surface area contributed by atoms with Crippen LogP contribution in [-0.2, 0) is 14.4 Å². The Morgan fingerprint density at radius 3 is 2.42 bits per heavy atom. The van der Waals surface area contributed by atoms with Gasteiger partial charge in [0.1, 0.15) is 11.5 Å². The highest BCUT2D eigenvalue weighted by Gasteiger charge is 2.36. The molecule has 36 heavy (non-hydrogen) atoms. The van der Waals surface area contributed by atoms with Gasteiger partial charge in [-0.3, -0.25) is 14.4 Å². The molecule has 2 N–H and O–H groups in total. The van der Waals surface area contributed by atoms with Gasteiger partial charge < -0.3 is 25.0 Å². The molecule has 2 saturated heterocycles. The van der Waals surface area contributed by atoms with Crippen molar-refractivity contribution in [3.63, 3.8) is 0 Å². The molecule has 2 aliphatic heterocycles. The van der Waals surface area contributed by atoms with E-state index in [1.807, 2.05) is 4.90 Å². The zero-order valence-electron chi connectivity index (χ0n) is 19.0. The second kappa shape index (κ2) is 10.3. The van der Waals surface area contributed by atoms with Crippen molar-refractivity contribution in [1.82, 2.24) is 15.0 Å². The Labute approximate surface area is 203 Å². The van der Waals surface area contributed by atoms with Gasteiger partial charge in [-0.2, -0.15) is 13.2 Å². The van der Waals surface area contributed by atoms with Crippen LogP contribution in [0.1, 0.15) is 19.3 Å². The van der Waals surface area contributed by atoms with Crippen molar-refractivity contribution in [1.29, 1.82) is 0 Å². The van der Waals surface area contributed by atoms with Crippen molar-refractivity contribution in [2.75, 3.05) is 36.0 Å². The van der Waals surface area contributed by atoms with E-state index in [4.69, 9.17) is 10.5 Å². The molecule has 0 bridgehead atoms. The first kappa shape index (κ1) is 25.1. The lowest BCUT2D eigenvalue weighted by molar-refractivity contribution is -0.154. The quantitative estimate of drug-likeness (QED) is 0.502. The number of primary amides is 1. The number of pyridine rings is 1. The zero-order valence-corrected chi connectivity index (χ0v) is 19.0. The number of hydrogen-bond donors (Lipinski definition) is 1. The number of hydrogen-bond acceptors (Lipinski definition) is 9. The van der Waals surface area contributed by atoms with Gasteiger partial charge >= 0.3 is 6.18 Å². The van der Waals surface area contributed by atoms with E-state index in [0.717, 1.165) is 0 Å². The fourth-order valence-corrected chi connectivity index (χ4v) is 3.77.